The Balaban J connectivity index is 0.00000220. The van der Waals surface area contributed by atoms with Crippen LogP contribution < -0.4 is 16.8 Å². The van der Waals surface area contributed by atoms with Crippen molar-refractivity contribution in [2.45, 2.75) is 25.3 Å². The SMILES string of the molecule is Cl.NC[C@H]1CCC[C@H]1C(=O)NC(C(N)=O)c1ccccc1. The molecule has 0 saturated heterocycles. The van der Waals surface area contributed by atoms with Crippen molar-refractivity contribution in [2.75, 3.05) is 6.54 Å². The predicted octanol–water partition coefficient (Wildman–Crippen LogP) is 1.13. The molecule has 0 radical (unpaired) electrons. The van der Waals surface area contributed by atoms with Crippen molar-refractivity contribution >= 4 is 24.2 Å². The van der Waals surface area contributed by atoms with Gasteiger partial charge in [-0.3, -0.25) is 9.59 Å². The van der Waals surface area contributed by atoms with Crippen molar-refractivity contribution < 1.29 is 9.59 Å². The predicted molar refractivity (Wildman–Crippen MR) is 83.7 cm³/mol. The smallest absolute Gasteiger partial charge is 0.244 e. The fraction of sp³-hybridized carbons (Fsp3) is 0.467. The lowest BCUT2D eigenvalue weighted by atomic mass is 9.94. The molecule has 1 aliphatic rings. The molecule has 0 aromatic heterocycles. The van der Waals surface area contributed by atoms with E-state index in [9.17, 15) is 9.59 Å². The number of hydrogen-bond donors (Lipinski definition) is 3. The molecule has 0 bridgehead atoms. The largest absolute Gasteiger partial charge is 0.368 e. The van der Waals surface area contributed by atoms with Crippen LogP contribution in [0.1, 0.15) is 30.9 Å². The van der Waals surface area contributed by atoms with E-state index in [1.165, 1.54) is 0 Å². The van der Waals surface area contributed by atoms with Gasteiger partial charge in [0.25, 0.3) is 0 Å². The first kappa shape index (κ1) is 17.5. The summed E-state index contributed by atoms with van der Waals surface area (Å²) in [6, 6.07) is 8.27. The summed E-state index contributed by atoms with van der Waals surface area (Å²) in [6.45, 7) is 0.505. The van der Waals surface area contributed by atoms with Gasteiger partial charge in [0.1, 0.15) is 6.04 Å². The van der Waals surface area contributed by atoms with Gasteiger partial charge in [-0.15, -0.1) is 12.4 Å². The Morgan fingerprint density at radius 3 is 2.48 bits per heavy atom. The first-order valence-electron chi connectivity index (χ1n) is 6.98. The van der Waals surface area contributed by atoms with Gasteiger partial charge in [-0.05, 0) is 30.9 Å². The van der Waals surface area contributed by atoms with Crippen LogP contribution in [0.5, 0.6) is 0 Å². The number of carbonyl (C=O) groups is 2. The van der Waals surface area contributed by atoms with Gasteiger partial charge >= 0.3 is 0 Å². The lowest BCUT2D eigenvalue weighted by molar-refractivity contribution is -0.130. The minimum atomic E-state index is -0.775. The summed E-state index contributed by atoms with van der Waals surface area (Å²) in [7, 11) is 0. The Bertz CT molecular complexity index is 481. The van der Waals surface area contributed by atoms with Crippen LogP contribution in [-0.2, 0) is 9.59 Å². The second kappa shape index (κ2) is 8.00. The van der Waals surface area contributed by atoms with Gasteiger partial charge in [-0.25, -0.2) is 0 Å². The zero-order valence-corrected chi connectivity index (χ0v) is 12.6. The fourth-order valence-electron chi connectivity index (χ4n) is 2.88. The first-order chi connectivity index (χ1) is 9.63. The van der Waals surface area contributed by atoms with E-state index in [4.69, 9.17) is 11.5 Å². The molecule has 21 heavy (non-hydrogen) atoms. The first-order valence-corrected chi connectivity index (χ1v) is 6.98. The normalized spacial score (nSPS) is 22.1. The highest BCUT2D eigenvalue weighted by Crippen LogP contribution is 2.31. The van der Waals surface area contributed by atoms with Crippen LogP contribution in [-0.4, -0.2) is 18.4 Å². The van der Waals surface area contributed by atoms with Crippen LogP contribution >= 0.6 is 12.4 Å². The van der Waals surface area contributed by atoms with Gasteiger partial charge in [0.2, 0.25) is 11.8 Å². The standard InChI is InChI=1S/C15H21N3O2.ClH/c16-9-11-7-4-8-12(11)15(20)18-13(14(17)19)10-5-2-1-3-6-10;/h1-3,5-6,11-13H,4,7-9,16H2,(H2,17,19)(H,18,20);1H/t11-,12-,13?;/m1./s1. The number of rotatable bonds is 5. The molecule has 1 aliphatic carbocycles. The van der Waals surface area contributed by atoms with Crippen LogP contribution in [0.3, 0.4) is 0 Å². The molecule has 2 rings (SSSR count). The van der Waals surface area contributed by atoms with Crippen LogP contribution in [0.15, 0.2) is 30.3 Å². The van der Waals surface area contributed by atoms with Crippen LogP contribution in [0.4, 0.5) is 0 Å². The number of amides is 2. The van der Waals surface area contributed by atoms with Gasteiger partial charge < -0.3 is 16.8 Å². The third-order valence-corrected chi connectivity index (χ3v) is 4.00. The molecule has 5 nitrogen and oxygen atoms in total. The van der Waals surface area contributed by atoms with Crippen LogP contribution in [0.2, 0.25) is 0 Å². The molecule has 1 fully saturated rings. The van der Waals surface area contributed by atoms with Crippen molar-refractivity contribution in [1.82, 2.24) is 5.32 Å². The second-order valence-corrected chi connectivity index (χ2v) is 5.29. The Hall–Kier alpha value is -1.59. The van der Waals surface area contributed by atoms with Crippen molar-refractivity contribution in [3.05, 3.63) is 35.9 Å². The Labute approximate surface area is 130 Å². The molecule has 1 saturated carbocycles. The van der Waals surface area contributed by atoms with Gasteiger partial charge in [0, 0.05) is 5.92 Å². The minimum absolute atomic E-state index is 0. The van der Waals surface area contributed by atoms with Gasteiger partial charge in [-0.1, -0.05) is 36.8 Å². The quantitative estimate of drug-likeness (QED) is 0.760. The van der Waals surface area contributed by atoms with Crippen molar-refractivity contribution in [3.63, 3.8) is 0 Å². The highest BCUT2D eigenvalue weighted by molar-refractivity contribution is 5.88. The molecule has 3 atom stereocenters. The molecule has 1 unspecified atom stereocenters. The average Bonchev–Trinajstić information content (AvgIpc) is 2.93. The number of hydrogen-bond acceptors (Lipinski definition) is 3. The third kappa shape index (κ3) is 4.19. The monoisotopic (exact) mass is 311 g/mol. The number of benzene rings is 1. The van der Waals surface area contributed by atoms with Crippen LogP contribution in [0, 0.1) is 11.8 Å². The fourth-order valence-corrected chi connectivity index (χ4v) is 2.88. The molecule has 6 heteroatoms. The van der Waals surface area contributed by atoms with Crippen molar-refractivity contribution in [2.24, 2.45) is 23.3 Å². The molecule has 0 aliphatic heterocycles. The third-order valence-electron chi connectivity index (χ3n) is 4.00. The lowest BCUT2D eigenvalue weighted by Gasteiger charge is -2.21. The summed E-state index contributed by atoms with van der Waals surface area (Å²) in [5.74, 6) is -0.567. The Morgan fingerprint density at radius 1 is 1.24 bits per heavy atom. The lowest BCUT2D eigenvalue weighted by Crippen LogP contribution is -2.42. The van der Waals surface area contributed by atoms with E-state index in [1.807, 2.05) is 18.2 Å². The summed E-state index contributed by atoms with van der Waals surface area (Å²) in [5, 5.41) is 2.77. The molecule has 0 spiro atoms. The van der Waals surface area contributed by atoms with Gasteiger partial charge in [0.05, 0.1) is 0 Å². The van der Waals surface area contributed by atoms with E-state index in [-0.39, 0.29) is 30.2 Å². The van der Waals surface area contributed by atoms with E-state index >= 15 is 0 Å². The maximum Gasteiger partial charge on any atom is 0.244 e. The highest BCUT2D eigenvalue weighted by atomic mass is 35.5. The summed E-state index contributed by atoms with van der Waals surface area (Å²) >= 11 is 0. The molecular weight excluding hydrogens is 290 g/mol. The summed E-state index contributed by atoms with van der Waals surface area (Å²) in [6.07, 6.45) is 2.81. The van der Waals surface area contributed by atoms with Gasteiger partial charge in [0.15, 0.2) is 0 Å². The Kier molecular flexibility index (Phi) is 6.65. The summed E-state index contributed by atoms with van der Waals surface area (Å²) in [5.41, 5.74) is 11.8. The second-order valence-electron chi connectivity index (χ2n) is 5.29. The molecular formula is C15H22ClN3O2. The zero-order valence-electron chi connectivity index (χ0n) is 11.8. The number of halogens is 1. The summed E-state index contributed by atoms with van der Waals surface area (Å²) < 4.78 is 0. The molecule has 5 N–H and O–H groups in total. The number of carbonyl (C=O) groups excluding carboxylic acids is 2. The number of nitrogens with one attached hydrogen (secondary N) is 1. The molecule has 0 heterocycles. The minimum Gasteiger partial charge on any atom is -0.368 e. The van der Waals surface area contributed by atoms with Crippen molar-refractivity contribution in [1.29, 1.82) is 0 Å². The molecule has 116 valence electrons. The topological polar surface area (TPSA) is 98.2 Å². The Morgan fingerprint density at radius 2 is 1.90 bits per heavy atom. The van der Waals surface area contributed by atoms with E-state index in [2.05, 4.69) is 5.32 Å². The van der Waals surface area contributed by atoms with E-state index in [0.717, 1.165) is 19.3 Å². The zero-order chi connectivity index (χ0) is 14.5. The molecule has 2 amide bonds. The van der Waals surface area contributed by atoms with Crippen molar-refractivity contribution in [3.8, 4) is 0 Å². The summed E-state index contributed by atoms with van der Waals surface area (Å²) in [4.78, 5) is 23.9. The average molecular weight is 312 g/mol. The number of nitrogens with two attached hydrogens (primary N) is 2. The van der Waals surface area contributed by atoms with E-state index in [1.54, 1.807) is 12.1 Å². The van der Waals surface area contributed by atoms with E-state index < -0.39 is 11.9 Å². The maximum absolute atomic E-state index is 12.3. The number of primary amides is 1. The highest BCUT2D eigenvalue weighted by Gasteiger charge is 2.33. The van der Waals surface area contributed by atoms with Gasteiger partial charge in [-0.2, -0.15) is 0 Å². The molecule has 1 aromatic rings. The van der Waals surface area contributed by atoms with Crippen LogP contribution in [0.25, 0.3) is 0 Å². The molecule has 1 aromatic carbocycles. The van der Waals surface area contributed by atoms with E-state index in [0.29, 0.717) is 12.1 Å². The maximum atomic E-state index is 12.3.